The van der Waals surface area contributed by atoms with Crippen molar-refractivity contribution in [2.75, 3.05) is 20.2 Å². The lowest BCUT2D eigenvalue weighted by molar-refractivity contribution is -0.117. The Balaban J connectivity index is 1.90. The SMILES string of the molecule is C=CCN1CCC23C=CC(=O)CC2Oc2c(OC)ccc(c23)C1. The number of ketones is 1. The second-order valence-corrected chi connectivity index (χ2v) is 6.56. The van der Waals surface area contributed by atoms with Crippen molar-refractivity contribution in [2.24, 2.45) is 0 Å². The quantitative estimate of drug-likeness (QED) is 0.804. The monoisotopic (exact) mass is 311 g/mol. The summed E-state index contributed by atoms with van der Waals surface area (Å²) in [6.45, 7) is 6.56. The lowest BCUT2D eigenvalue weighted by atomic mass is 9.69. The van der Waals surface area contributed by atoms with E-state index in [9.17, 15) is 4.79 Å². The predicted octanol–water partition coefficient (Wildman–Crippen LogP) is 2.61. The van der Waals surface area contributed by atoms with Gasteiger partial charge in [-0.05, 0) is 24.1 Å². The molecule has 0 aromatic heterocycles. The topological polar surface area (TPSA) is 38.8 Å². The van der Waals surface area contributed by atoms with Gasteiger partial charge in [-0.1, -0.05) is 18.2 Å². The predicted molar refractivity (Wildman–Crippen MR) is 87.9 cm³/mol. The first-order chi connectivity index (χ1) is 11.2. The molecule has 2 unspecified atom stereocenters. The van der Waals surface area contributed by atoms with Gasteiger partial charge in [-0.3, -0.25) is 9.69 Å². The molecule has 1 aromatic rings. The van der Waals surface area contributed by atoms with Crippen LogP contribution < -0.4 is 9.47 Å². The van der Waals surface area contributed by atoms with Crippen LogP contribution in [0.4, 0.5) is 0 Å². The van der Waals surface area contributed by atoms with Gasteiger partial charge in [-0.25, -0.2) is 0 Å². The summed E-state index contributed by atoms with van der Waals surface area (Å²) >= 11 is 0. The van der Waals surface area contributed by atoms with Crippen LogP contribution in [0.15, 0.2) is 36.9 Å². The Bertz CT molecular complexity index is 709. The molecule has 2 heterocycles. The van der Waals surface area contributed by atoms with Crippen LogP contribution in [-0.4, -0.2) is 37.0 Å². The van der Waals surface area contributed by atoms with Gasteiger partial charge in [0.1, 0.15) is 6.10 Å². The van der Waals surface area contributed by atoms with Crippen molar-refractivity contribution >= 4 is 5.78 Å². The Morgan fingerprint density at radius 1 is 1.52 bits per heavy atom. The maximum Gasteiger partial charge on any atom is 0.166 e. The molecule has 1 aromatic carbocycles. The molecule has 0 fully saturated rings. The highest BCUT2D eigenvalue weighted by molar-refractivity contribution is 5.92. The number of allylic oxidation sites excluding steroid dienone is 1. The van der Waals surface area contributed by atoms with E-state index in [1.165, 1.54) is 11.1 Å². The molecular formula is C19H21NO3. The summed E-state index contributed by atoms with van der Waals surface area (Å²) in [7, 11) is 1.66. The van der Waals surface area contributed by atoms with Gasteiger partial charge in [0.15, 0.2) is 17.3 Å². The Hall–Kier alpha value is -2.07. The van der Waals surface area contributed by atoms with Crippen LogP contribution in [0, 0.1) is 0 Å². The molecule has 0 N–H and O–H groups in total. The Morgan fingerprint density at radius 2 is 2.39 bits per heavy atom. The first-order valence-corrected chi connectivity index (χ1v) is 8.10. The Kier molecular flexibility index (Phi) is 3.31. The molecule has 4 rings (SSSR count). The van der Waals surface area contributed by atoms with E-state index in [-0.39, 0.29) is 17.3 Å². The van der Waals surface area contributed by atoms with Crippen molar-refractivity contribution in [3.8, 4) is 11.5 Å². The molecule has 23 heavy (non-hydrogen) atoms. The van der Waals surface area contributed by atoms with Gasteiger partial charge in [0.05, 0.1) is 12.5 Å². The van der Waals surface area contributed by atoms with Crippen molar-refractivity contribution in [1.29, 1.82) is 0 Å². The molecule has 1 aliphatic carbocycles. The highest BCUT2D eigenvalue weighted by atomic mass is 16.5. The molecule has 2 atom stereocenters. The van der Waals surface area contributed by atoms with Crippen LogP contribution in [0.5, 0.6) is 11.5 Å². The Labute approximate surface area is 136 Å². The summed E-state index contributed by atoms with van der Waals surface area (Å²) in [5.41, 5.74) is 2.28. The minimum atomic E-state index is -0.205. The van der Waals surface area contributed by atoms with Crippen molar-refractivity contribution < 1.29 is 14.3 Å². The second-order valence-electron chi connectivity index (χ2n) is 6.56. The maximum absolute atomic E-state index is 11.9. The third-order valence-corrected chi connectivity index (χ3v) is 5.30. The molecular weight excluding hydrogens is 290 g/mol. The highest BCUT2D eigenvalue weighted by Crippen LogP contribution is 2.55. The van der Waals surface area contributed by atoms with E-state index in [4.69, 9.17) is 9.47 Å². The minimum Gasteiger partial charge on any atom is -0.493 e. The first kappa shape index (κ1) is 14.5. The summed E-state index contributed by atoms with van der Waals surface area (Å²) in [5, 5.41) is 0. The van der Waals surface area contributed by atoms with Gasteiger partial charge < -0.3 is 9.47 Å². The van der Waals surface area contributed by atoms with Crippen LogP contribution in [0.2, 0.25) is 0 Å². The van der Waals surface area contributed by atoms with Crippen LogP contribution in [-0.2, 0) is 16.8 Å². The van der Waals surface area contributed by atoms with Gasteiger partial charge in [0, 0.05) is 31.6 Å². The number of rotatable bonds is 3. The molecule has 0 amide bonds. The van der Waals surface area contributed by atoms with Crippen LogP contribution in [0.3, 0.4) is 0 Å². The van der Waals surface area contributed by atoms with Crippen molar-refractivity contribution in [2.45, 2.75) is 30.9 Å². The zero-order valence-electron chi connectivity index (χ0n) is 13.4. The summed E-state index contributed by atoms with van der Waals surface area (Å²) < 4.78 is 11.7. The number of benzene rings is 1. The number of methoxy groups -OCH3 is 1. The van der Waals surface area contributed by atoms with Gasteiger partial charge in [0.25, 0.3) is 0 Å². The van der Waals surface area contributed by atoms with E-state index in [1.54, 1.807) is 13.2 Å². The number of carbonyl (C=O) groups excluding carboxylic acids is 1. The van der Waals surface area contributed by atoms with Gasteiger partial charge in [0.2, 0.25) is 0 Å². The van der Waals surface area contributed by atoms with Gasteiger partial charge >= 0.3 is 0 Å². The summed E-state index contributed by atoms with van der Waals surface area (Å²) in [4.78, 5) is 14.3. The average Bonchev–Trinajstić information content (AvgIpc) is 2.79. The molecule has 0 radical (unpaired) electrons. The highest BCUT2D eigenvalue weighted by Gasteiger charge is 2.52. The summed E-state index contributed by atoms with van der Waals surface area (Å²) in [6, 6.07) is 4.11. The normalized spacial score (nSPS) is 28.6. The van der Waals surface area contributed by atoms with Crippen LogP contribution >= 0.6 is 0 Å². The molecule has 1 spiro atoms. The third-order valence-electron chi connectivity index (χ3n) is 5.30. The number of nitrogens with zero attached hydrogens (tertiary/aromatic N) is 1. The zero-order chi connectivity index (χ0) is 16.0. The molecule has 120 valence electrons. The number of carbonyl (C=O) groups is 1. The largest absolute Gasteiger partial charge is 0.493 e. The zero-order valence-corrected chi connectivity index (χ0v) is 13.4. The molecule has 0 bridgehead atoms. The van der Waals surface area contributed by atoms with Crippen molar-refractivity contribution in [1.82, 2.24) is 4.90 Å². The van der Waals surface area contributed by atoms with E-state index < -0.39 is 0 Å². The first-order valence-electron chi connectivity index (χ1n) is 8.10. The minimum absolute atomic E-state index is 0.117. The summed E-state index contributed by atoms with van der Waals surface area (Å²) in [6.07, 6.45) is 7.03. The fourth-order valence-corrected chi connectivity index (χ4v) is 4.21. The van der Waals surface area contributed by atoms with E-state index in [2.05, 4.69) is 23.6 Å². The van der Waals surface area contributed by atoms with E-state index in [0.717, 1.165) is 37.6 Å². The molecule has 0 saturated heterocycles. The van der Waals surface area contributed by atoms with E-state index >= 15 is 0 Å². The molecule has 2 aliphatic heterocycles. The smallest absolute Gasteiger partial charge is 0.166 e. The third kappa shape index (κ3) is 2.05. The lowest BCUT2D eigenvalue weighted by Gasteiger charge is -2.33. The van der Waals surface area contributed by atoms with E-state index in [1.807, 2.05) is 12.1 Å². The second kappa shape index (κ2) is 5.24. The molecule has 4 heteroatoms. The maximum atomic E-state index is 11.9. The number of hydrogen-bond acceptors (Lipinski definition) is 4. The van der Waals surface area contributed by atoms with Crippen LogP contribution in [0.25, 0.3) is 0 Å². The van der Waals surface area contributed by atoms with Gasteiger partial charge in [-0.15, -0.1) is 6.58 Å². The molecule has 3 aliphatic rings. The fraction of sp³-hybridized carbons (Fsp3) is 0.421. The van der Waals surface area contributed by atoms with Crippen LogP contribution in [0.1, 0.15) is 24.0 Å². The lowest BCUT2D eigenvalue weighted by Crippen LogP contribution is -2.42. The van der Waals surface area contributed by atoms with Gasteiger partial charge in [-0.2, -0.15) is 0 Å². The molecule has 4 nitrogen and oxygen atoms in total. The van der Waals surface area contributed by atoms with E-state index in [0.29, 0.717) is 6.42 Å². The standard InChI is InChI=1S/C19H21NO3/c1-3-9-20-10-8-19-7-6-14(21)11-16(19)23-18-15(22-2)5-4-13(12-20)17(18)19/h3-7,16H,1,8-12H2,2H3. The van der Waals surface area contributed by atoms with Crippen molar-refractivity contribution in [3.63, 3.8) is 0 Å². The Morgan fingerprint density at radius 3 is 3.17 bits per heavy atom. The van der Waals surface area contributed by atoms with Crippen molar-refractivity contribution in [3.05, 3.63) is 48.1 Å². The fourth-order valence-electron chi connectivity index (χ4n) is 4.21. The average molecular weight is 311 g/mol. The molecule has 0 saturated carbocycles. The number of ether oxygens (including phenoxy) is 2. The number of hydrogen-bond donors (Lipinski definition) is 0. The summed E-state index contributed by atoms with van der Waals surface area (Å²) in [5.74, 6) is 1.73.